The van der Waals surface area contributed by atoms with Gasteiger partial charge in [0.05, 0.1) is 5.92 Å². The van der Waals surface area contributed by atoms with Crippen LogP contribution in [0.25, 0.3) is 0 Å². The summed E-state index contributed by atoms with van der Waals surface area (Å²) in [6.45, 7) is 5.14. The van der Waals surface area contributed by atoms with E-state index in [1.807, 2.05) is 7.05 Å². The molecule has 1 atom stereocenters. The minimum atomic E-state index is -4.96. The number of hydrogen-bond donors (Lipinski definition) is 0. The lowest BCUT2D eigenvalue weighted by Gasteiger charge is -2.34. The summed E-state index contributed by atoms with van der Waals surface area (Å²) in [4.78, 5) is 16.2. The minimum Gasteiger partial charge on any atom is -0.403 e. The standard InChI is InChI=1S/C16H20F4N2O2/c1-11(23)13(10-22-7-5-21(2)6-8-22)12-3-4-15(14(17)9-12)24-16(18,19)20/h3-4,9,13H,5-8,10H2,1-2H3. The maximum Gasteiger partial charge on any atom is 0.573 e. The molecule has 0 bridgehead atoms. The number of nitrogens with zero attached hydrogens (tertiary/aromatic N) is 2. The molecule has 1 aromatic carbocycles. The number of ketones is 1. The first kappa shape index (κ1) is 18.7. The Labute approximate surface area is 138 Å². The summed E-state index contributed by atoms with van der Waals surface area (Å²) in [5.41, 5.74) is 0.355. The molecule has 1 fully saturated rings. The molecule has 1 aromatic rings. The molecule has 1 unspecified atom stereocenters. The third kappa shape index (κ3) is 5.17. The van der Waals surface area contributed by atoms with E-state index in [1.54, 1.807) is 0 Å². The molecule has 1 heterocycles. The highest BCUT2D eigenvalue weighted by molar-refractivity contribution is 5.83. The van der Waals surface area contributed by atoms with E-state index in [0.29, 0.717) is 12.1 Å². The van der Waals surface area contributed by atoms with E-state index in [1.165, 1.54) is 13.0 Å². The Bertz CT molecular complexity index is 584. The maximum absolute atomic E-state index is 13.9. The first-order valence-corrected chi connectivity index (χ1v) is 7.62. The van der Waals surface area contributed by atoms with Crippen LogP contribution < -0.4 is 4.74 Å². The molecule has 24 heavy (non-hydrogen) atoms. The zero-order valence-corrected chi connectivity index (χ0v) is 13.6. The van der Waals surface area contributed by atoms with Crippen LogP contribution in [0.4, 0.5) is 17.6 Å². The van der Waals surface area contributed by atoms with Crippen LogP contribution in [0.15, 0.2) is 18.2 Å². The summed E-state index contributed by atoms with van der Waals surface area (Å²) in [6.07, 6.45) is -4.96. The van der Waals surface area contributed by atoms with Gasteiger partial charge in [-0.1, -0.05) is 6.07 Å². The van der Waals surface area contributed by atoms with Crippen molar-refractivity contribution in [2.24, 2.45) is 0 Å². The Morgan fingerprint density at radius 1 is 1.25 bits per heavy atom. The Kier molecular flexibility index (Phi) is 5.82. The smallest absolute Gasteiger partial charge is 0.403 e. The number of ether oxygens (including phenoxy) is 1. The summed E-state index contributed by atoms with van der Waals surface area (Å²) >= 11 is 0. The number of carbonyl (C=O) groups is 1. The van der Waals surface area contributed by atoms with E-state index in [-0.39, 0.29) is 5.78 Å². The van der Waals surface area contributed by atoms with E-state index in [9.17, 15) is 22.4 Å². The number of Topliss-reactive ketones (excluding diaryl/α,β-unsaturated/α-hetero) is 1. The number of alkyl halides is 3. The number of hydrogen-bond acceptors (Lipinski definition) is 4. The fourth-order valence-electron chi connectivity index (χ4n) is 2.70. The SMILES string of the molecule is CC(=O)C(CN1CCN(C)CC1)c1ccc(OC(F)(F)F)c(F)c1. The highest BCUT2D eigenvalue weighted by Crippen LogP contribution is 2.29. The van der Waals surface area contributed by atoms with Crippen molar-refractivity contribution in [3.05, 3.63) is 29.6 Å². The third-order valence-corrected chi connectivity index (χ3v) is 4.11. The molecule has 0 aliphatic carbocycles. The molecule has 134 valence electrons. The van der Waals surface area contributed by atoms with E-state index in [0.717, 1.165) is 38.3 Å². The Morgan fingerprint density at radius 3 is 2.38 bits per heavy atom. The third-order valence-electron chi connectivity index (χ3n) is 4.11. The lowest BCUT2D eigenvalue weighted by molar-refractivity contribution is -0.275. The molecule has 1 aliphatic heterocycles. The molecule has 0 spiro atoms. The second-order valence-electron chi connectivity index (χ2n) is 6.00. The fourth-order valence-corrected chi connectivity index (χ4v) is 2.70. The highest BCUT2D eigenvalue weighted by Gasteiger charge is 2.33. The van der Waals surface area contributed by atoms with Gasteiger partial charge in [-0.3, -0.25) is 9.69 Å². The molecular weight excluding hydrogens is 328 g/mol. The second-order valence-corrected chi connectivity index (χ2v) is 6.00. The molecule has 0 amide bonds. The number of rotatable bonds is 5. The maximum atomic E-state index is 13.9. The lowest BCUT2D eigenvalue weighted by Crippen LogP contribution is -2.46. The van der Waals surface area contributed by atoms with Crippen LogP contribution in [0.3, 0.4) is 0 Å². The summed E-state index contributed by atoms with van der Waals surface area (Å²) in [5.74, 6) is -2.76. The number of benzene rings is 1. The average molecular weight is 348 g/mol. The quantitative estimate of drug-likeness (QED) is 0.766. The Hall–Kier alpha value is -1.67. The van der Waals surface area contributed by atoms with Crippen molar-refractivity contribution in [1.82, 2.24) is 9.80 Å². The highest BCUT2D eigenvalue weighted by atomic mass is 19.4. The van der Waals surface area contributed by atoms with Crippen molar-refractivity contribution in [3.8, 4) is 5.75 Å². The number of carbonyl (C=O) groups excluding carboxylic acids is 1. The minimum absolute atomic E-state index is 0.155. The van der Waals surface area contributed by atoms with Crippen LogP contribution in [-0.4, -0.2) is 61.7 Å². The molecule has 0 saturated carbocycles. The van der Waals surface area contributed by atoms with Gasteiger partial charge < -0.3 is 9.64 Å². The van der Waals surface area contributed by atoms with Gasteiger partial charge >= 0.3 is 6.36 Å². The zero-order chi connectivity index (χ0) is 17.9. The largest absolute Gasteiger partial charge is 0.573 e. The van der Waals surface area contributed by atoms with Gasteiger partial charge in [-0.15, -0.1) is 13.2 Å². The van der Waals surface area contributed by atoms with E-state index in [2.05, 4.69) is 14.5 Å². The fraction of sp³-hybridized carbons (Fsp3) is 0.562. The molecule has 0 radical (unpaired) electrons. The van der Waals surface area contributed by atoms with Crippen LogP contribution in [0.5, 0.6) is 5.75 Å². The Morgan fingerprint density at radius 2 is 1.88 bits per heavy atom. The first-order valence-electron chi connectivity index (χ1n) is 7.62. The molecule has 2 rings (SSSR count). The topological polar surface area (TPSA) is 32.8 Å². The van der Waals surface area contributed by atoms with Gasteiger partial charge in [-0.2, -0.15) is 0 Å². The molecular formula is C16H20F4N2O2. The average Bonchev–Trinajstić information content (AvgIpc) is 2.47. The first-order chi connectivity index (χ1) is 11.2. The summed E-state index contributed by atoms with van der Waals surface area (Å²) in [7, 11) is 2.01. The predicted octanol–water partition coefficient (Wildman–Crippen LogP) is 2.64. The monoisotopic (exact) mass is 348 g/mol. The molecule has 0 N–H and O–H groups in total. The predicted molar refractivity (Wildman–Crippen MR) is 80.4 cm³/mol. The van der Waals surface area contributed by atoms with Gasteiger partial charge in [0, 0.05) is 32.7 Å². The van der Waals surface area contributed by atoms with Crippen molar-refractivity contribution in [1.29, 1.82) is 0 Å². The summed E-state index contributed by atoms with van der Waals surface area (Å²) < 4.78 is 54.1. The molecule has 0 aromatic heterocycles. The van der Waals surface area contributed by atoms with E-state index in [4.69, 9.17) is 0 Å². The molecule has 1 aliphatic rings. The molecule has 1 saturated heterocycles. The number of piperazine rings is 1. The molecule has 4 nitrogen and oxygen atoms in total. The van der Waals surface area contributed by atoms with Crippen LogP contribution in [-0.2, 0) is 4.79 Å². The summed E-state index contributed by atoms with van der Waals surface area (Å²) in [5, 5.41) is 0. The van der Waals surface area contributed by atoms with Crippen molar-refractivity contribution in [2.45, 2.75) is 19.2 Å². The Balaban J connectivity index is 2.13. The zero-order valence-electron chi connectivity index (χ0n) is 13.6. The van der Waals surface area contributed by atoms with E-state index < -0.39 is 23.8 Å². The second kappa shape index (κ2) is 7.48. The van der Waals surface area contributed by atoms with Gasteiger partial charge in [-0.25, -0.2) is 4.39 Å². The van der Waals surface area contributed by atoms with Gasteiger partial charge in [0.15, 0.2) is 11.6 Å². The van der Waals surface area contributed by atoms with Crippen molar-refractivity contribution in [2.75, 3.05) is 39.8 Å². The van der Waals surface area contributed by atoms with Gasteiger partial charge in [0.25, 0.3) is 0 Å². The number of likely N-dealkylation sites (N-methyl/N-ethyl adjacent to an activating group) is 1. The van der Waals surface area contributed by atoms with Crippen molar-refractivity contribution >= 4 is 5.78 Å². The van der Waals surface area contributed by atoms with Gasteiger partial charge in [0.2, 0.25) is 0 Å². The molecule has 8 heteroatoms. The lowest BCUT2D eigenvalue weighted by atomic mass is 9.94. The number of halogens is 4. The van der Waals surface area contributed by atoms with Crippen molar-refractivity contribution in [3.63, 3.8) is 0 Å². The van der Waals surface area contributed by atoms with Crippen molar-refractivity contribution < 1.29 is 27.1 Å². The van der Waals surface area contributed by atoms with Crippen LogP contribution in [0.1, 0.15) is 18.4 Å². The summed E-state index contributed by atoms with van der Waals surface area (Å²) in [6, 6.07) is 3.17. The van der Waals surface area contributed by atoms with Crippen LogP contribution in [0.2, 0.25) is 0 Å². The van der Waals surface area contributed by atoms with Gasteiger partial charge in [-0.05, 0) is 31.7 Å². The van der Waals surface area contributed by atoms with E-state index >= 15 is 0 Å². The van der Waals surface area contributed by atoms with Crippen LogP contribution in [0, 0.1) is 5.82 Å². The normalized spacial score (nSPS) is 18.4. The van der Waals surface area contributed by atoms with Gasteiger partial charge in [0.1, 0.15) is 5.78 Å². The van der Waals surface area contributed by atoms with Crippen LogP contribution >= 0.6 is 0 Å².